The van der Waals surface area contributed by atoms with Gasteiger partial charge in [0.2, 0.25) is 0 Å². The molecule has 128 valence electrons. The molecule has 2 N–H and O–H groups in total. The first-order valence-corrected chi connectivity index (χ1v) is 8.55. The Hall–Kier alpha value is -2.89. The highest BCUT2D eigenvalue weighted by Gasteiger charge is 2.28. The van der Waals surface area contributed by atoms with E-state index in [1.54, 1.807) is 17.0 Å². The van der Waals surface area contributed by atoms with E-state index < -0.39 is 0 Å². The Labute approximate surface area is 144 Å². The summed E-state index contributed by atoms with van der Waals surface area (Å²) in [5, 5.41) is 0. The number of H-pyrrole nitrogens is 2. The SMILES string of the molecule is Cc1ccc2nc([C@@H]3CCCN(C(=O)c4ccc[nH]c4=O)C3)[nH]c2c1. The Morgan fingerprint density at radius 1 is 1.32 bits per heavy atom. The van der Waals surface area contributed by atoms with Crippen LogP contribution in [0.15, 0.2) is 41.3 Å². The molecule has 1 aliphatic rings. The van der Waals surface area contributed by atoms with Crippen LogP contribution in [0.1, 0.15) is 40.5 Å². The van der Waals surface area contributed by atoms with Crippen molar-refractivity contribution in [1.82, 2.24) is 19.9 Å². The number of pyridine rings is 1. The van der Waals surface area contributed by atoms with Crippen LogP contribution in [0.2, 0.25) is 0 Å². The zero-order chi connectivity index (χ0) is 17.4. The average molecular weight is 336 g/mol. The summed E-state index contributed by atoms with van der Waals surface area (Å²) in [5.74, 6) is 0.867. The van der Waals surface area contributed by atoms with Crippen molar-refractivity contribution in [1.29, 1.82) is 0 Å². The van der Waals surface area contributed by atoms with Crippen molar-refractivity contribution in [2.45, 2.75) is 25.7 Å². The summed E-state index contributed by atoms with van der Waals surface area (Å²) in [4.78, 5) is 37.0. The van der Waals surface area contributed by atoms with Crippen molar-refractivity contribution in [3.8, 4) is 0 Å². The van der Waals surface area contributed by atoms with Gasteiger partial charge in [-0.2, -0.15) is 0 Å². The van der Waals surface area contributed by atoms with Crippen molar-refractivity contribution in [2.75, 3.05) is 13.1 Å². The number of nitrogens with zero attached hydrogens (tertiary/aromatic N) is 2. The molecule has 1 saturated heterocycles. The molecule has 0 bridgehead atoms. The molecule has 3 aromatic rings. The van der Waals surface area contributed by atoms with Crippen molar-refractivity contribution < 1.29 is 4.79 Å². The molecule has 1 fully saturated rings. The van der Waals surface area contributed by atoms with Gasteiger partial charge in [0.25, 0.3) is 11.5 Å². The molecule has 0 spiro atoms. The molecule has 25 heavy (non-hydrogen) atoms. The van der Waals surface area contributed by atoms with E-state index >= 15 is 0 Å². The van der Waals surface area contributed by atoms with Gasteiger partial charge in [-0.15, -0.1) is 0 Å². The van der Waals surface area contributed by atoms with Gasteiger partial charge in [0.15, 0.2) is 0 Å². The molecule has 0 radical (unpaired) electrons. The van der Waals surface area contributed by atoms with E-state index in [1.165, 1.54) is 11.8 Å². The zero-order valence-electron chi connectivity index (χ0n) is 14.1. The zero-order valence-corrected chi connectivity index (χ0v) is 14.1. The number of hydrogen-bond acceptors (Lipinski definition) is 3. The van der Waals surface area contributed by atoms with E-state index in [1.807, 2.05) is 12.1 Å². The highest BCUT2D eigenvalue weighted by molar-refractivity contribution is 5.93. The molecule has 1 atom stereocenters. The number of likely N-dealkylation sites (tertiary alicyclic amines) is 1. The van der Waals surface area contributed by atoms with Crippen LogP contribution >= 0.6 is 0 Å². The minimum Gasteiger partial charge on any atom is -0.342 e. The number of fused-ring (bicyclic) bond motifs is 1. The molecule has 1 aliphatic heterocycles. The van der Waals surface area contributed by atoms with Crippen LogP contribution in [0.5, 0.6) is 0 Å². The lowest BCUT2D eigenvalue weighted by Crippen LogP contribution is -2.41. The number of carbonyl (C=O) groups excluding carboxylic acids is 1. The molecular weight excluding hydrogens is 316 g/mol. The van der Waals surface area contributed by atoms with Crippen LogP contribution < -0.4 is 5.56 Å². The third-order valence-corrected chi connectivity index (χ3v) is 4.80. The number of benzene rings is 1. The summed E-state index contributed by atoms with van der Waals surface area (Å²) in [6.07, 6.45) is 3.42. The second kappa shape index (κ2) is 6.20. The number of piperidine rings is 1. The number of amides is 1. The number of hydrogen-bond donors (Lipinski definition) is 2. The highest BCUT2D eigenvalue weighted by Crippen LogP contribution is 2.27. The van der Waals surface area contributed by atoms with Gasteiger partial charge in [0.05, 0.1) is 11.0 Å². The Morgan fingerprint density at radius 3 is 3.04 bits per heavy atom. The van der Waals surface area contributed by atoms with Crippen LogP contribution in [-0.2, 0) is 0 Å². The van der Waals surface area contributed by atoms with E-state index in [0.717, 1.165) is 29.7 Å². The van der Waals surface area contributed by atoms with Gasteiger partial charge in [-0.3, -0.25) is 9.59 Å². The summed E-state index contributed by atoms with van der Waals surface area (Å²) in [6, 6.07) is 9.40. The van der Waals surface area contributed by atoms with Crippen LogP contribution in [0, 0.1) is 6.92 Å². The van der Waals surface area contributed by atoms with Crippen molar-refractivity contribution >= 4 is 16.9 Å². The first-order valence-electron chi connectivity index (χ1n) is 8.55. The molecule has 0 aliphatic carbocycles. The number of carbonyl (C=O) groups is 1. The van der Waals surface area contributed by atoms with Gasteiger partial charge < -0.3 is 14.9 Å². The second-order valence-electron chi connectivity index (χ2n) is 6.65. The van der Waals surface area contributed by atoms with Crippen molar-refractivity contribution in [3.05, 3.63) is 63.8 Å². The first kappa shape index (κ1) is 15.6. The van der Waals surface area contributed by atoms with Gasteiger partial charge in [-0.25, -0.2) is 4.98 Å². The maximum Gasteiger partial charge on any atom is 0.260 e. The van der Waals surface area contributed by atoms with E-state index in [2.05, 4.69) is 23.0 Å². The topological polar surface area (TPSA) is 81.8 Å². The number of aromatic nitrogens is 3. The van der Waals surface area contributed by atoms with Crippen LogP contribution in [0.25, 0.3) is 11.0 Å². The maximum absolute atomic E-state index is 12.7. The third kappa shape index (κ3) is 2.95. The monoisotopic (exact) mass is 336 g/mol. The second-order valence-corrected chi connectivity index (χ2v) is 6.65. The fourth-order valence-electron chi connectivity index (χ4n) is 3.48. The smallest absolute Gasteiger partial charge is 0.260 e. The lowest BCUT2D eigenvalue weighted by atomic mass is 9.97. The molecule has 2 aromatic heterocycles. The van der Waals surface area contributed by atoms with Gasteiger partial charge in [-0.1, -0.05) is 6.07 Å². The Morgan fingerprint density at radius 2 is 2.20 bits per heavy atom. The summed E-state index contributed by atoms with van der Waals surface area (Å²) in [5.41, 5.74) is 3.02. The van der Waals surface area contributed by atoms with Gasteiger partial charge in [-0.05, 0) is 49.6 Å². The van der Waals surface area contributed by atoms with E-state index in [4.69, 9.17) is 4.98 Å². The fourth-order valence-corrected chi connectivity index (χ4v) is 3.48. The van der Waals surface area contributed by atoms with Gasteiger partial charge in [0, 0.05) is 25.2 Å². The number of aromatic amines is 2. The fraction of sp³-hybridized carbons (Fsp3) is 0.316. The van der Waals surface area contributed by atoms with E-state index in [0.29, 0.717) is 13.1 Å². The maximum atomic E-state index is 12.7. The van der Waals surface area contributed by atoms with Crippen LogP contribution in [0.3, 0.4) is 0 Å². The summed E-state index contributed by atoms with van der Waals surface area (Å²) in [6.45, 7) is 3.30. The lowest BCUT2D eigenvalue weighted by molar-refractivity contribution is 0.0703. The molecule has 1 amide bonds. The largest absolute Gasteiger partial charge is 0.342 e. The quantitative estimate of drug-likeness (QED) is 0.754. The Balaban J connectivity index is 1.59. The lowest BCUT2D eigenvalue weighted by Gasteiger charge is -2.31. The number of nitrogens with one attached hydrogen (secondary N) is 2. The Kier molecular flexibility index (Phi) is 3.87. The number of aryl methyl sites for hydroxylation is 1. The molecule has 0 saturated carbocycles. The van der Waals surface area contributed by atoms with Crippen LogP contribution in [-0.4, -0.2) is 38.8 Å². The molecule has 6 heteroatoms. The molecular formula is C19H20N4O2. The van der Waals surface area contributed by atoms with Gasteiger partial charge >= 0.3 is 0 Å². The van der Waals surface area contributed by atoms with Gasteiger partial charge in [0.1, 0.15) is 11.4 Å². The summed E-state index contributed by atoms with van der Waals surface area (Å²) < 4.78 is 0. The predicted molar refractivity (Wildman–Crippen MR) is 95.8 cm³/mol. The molecule has 4 rings (SSSR count). The van der Waals surface area contributed by atoms with E-state index in [-0.39, 0.29) is 22.9 Å². The summed E-state index contributed by atoms with van der Waals surface area (Å²) >= 11 is 0. The average Bonchev–Trinajstić information content (AvgIpc) is 3.05. The molecule has 3 heterocycles. The minimum atomic E-state index is -0.339. The Bertz CT molecular complexity index is 988. The predicted octanol–water partition coefficient (Wildman–Crippen LogP) is 2.58. The molecule has 0 unspecified atom stereocenters. The third-order valence-electron chi connectivity index (χ3n) is 4.80. The van der Waals surface area contributed by atoms with Crippen LogP contribution in [0.4, 0.5) is 0 Å². The highest BCUT2D eigenvalue weighted by atomic mass is 16.2. The van der Waals surface area contributed by atoms with Crippen molar-refractivity contribution in [2.24, 2.45) is 0 Å². The minimum absolute atomic E-state index is 0.160. The first-order chi connectivity index (χ1) is 12.1. The standard InChI is InChI=1S/C19H20N4O2/c1-12-6-7-15-16(10-12)22-17(21-15)13-4-3-9-23(11-13)19(25)14-5-2-8-20-18(14)24/h2,5-8,10,13H,3-4,9,11H2,1H3,(H,20,24)(H,21,22)/t13-/m1/s1. The van der Waals surface area contributed by atoms with E-state index in [9.17, 15) is 9.59 Å². The number of imidazole rings is 1. The summed E-state index contributed by atoms with van der Waals surface area (Å²) in [7, 11) is 0. The normalized spacial score (nSPS) is 17.8. The number of rotatable bonds is 2. The molecule has 6 nitrogen and oxygen atoms in total. The molecule has 1 aromatic carbocycles. The van der Waals surface area contributed by atoms with Crippen molar-refractivity contribution in [3.63, 3.8) is 0 Å².